The molecule has 4 heterocycles. The normalized spacial score (nSPS) is 12.0. The fourth-order valence-corrected chi connectivity index (χ4v) is 3.97. The van der Waals surface area contributed by atoms with Crippen LogP contribution in [0.15, 0.2) is 59.5 Å². The summed E-state index contributed by atoms with van der Waals surface area (Å²) < 4.78 is 28.2. The number of nitrogens with zero attached hydrogens (tertiary/aromatic N) is 5. The van der Waals surface area contributed by atoms with Crippen LogP contribution in [0.1, 0.15) is 33.0 Å². The molecule has 0 spiro atoms. The van der Waals surface area contributed by atoms with Gasteiger partial charge in [0.15, 0.2) is 5.65 Å². The summed E-state index contributed by atoms with van der Waals surface area (Å²) in [5.74, 6) is 0.571. The number of hydrogen-bond donors (Lipinski definition) is 0. The minimum Gasteiger partial charge on any atom is -0.460 e. The third-order valence-corrected chi connectivity index (χ3v) is 5.50. The highest BCUT2D eigenvalue weighted by atomic mass is 19.1. The molecule has 1 aromatic carbocycles. The Kier molecular flexibility index (Phi) is 4.96. The van der Waals surface area contributed by atoms with E-state index in [0.29, 0.717) is 30.0 Å². The van der Waals surface area contributed by atoms with E-state index in [1.54, 1.807) is 24.6 Å². The Balaban J connectivity index is 1.57. The molecular weight excluding hydrogens is 425 g/mol. The molecule has 168 valence electrons. The molecule has 0 saturated heterocycles. The molecule has 0 atom stereocenters. The number of benzene rings is 1. The molecule has 0 fully saturated rings. The molecule has 5 aromatic rings. The molecule has 0 aliphatic heterocycles. The van der Waals surface area contributed by atoms with Crippen molar-refractivity contribution >= 4 is 17.5 Å². The quantitative estimate of drug-likeness (QED) is 0.350. The van der Waals surface area contributed by atoms with Crippen LogP contribution < -0.4 is 0 Å². The maximum Gasteiger partial charge on any atom is 0.306 e. The number of esters is 1. The van der Waals surface area contributed by atoms with Crippen LogP contribution in [0.5, 0.6) is 0 Å². The Hall–Kier alpha value is -4.01. The van der Waals surface area contributed by atoms with Gasteiger partial charge >= 0.3 is 11.8 Å². The zero-order valence-corrected chi connectivity index (χ0v) is 18.4. The number of hydrogen-bond acceptors (Lipinski definition) is 6. The first-order chi connectivity index (χ1) is 15.8. The maximum absolute atomic E-state index is 13.5. The number of fused-ring (bicyclic) bond motifs is 2. The van der Waals surface area contributed by atoms with Crippen molar-refractivity contribution in [2.24, 2.45) is 0 Å². The average Bonchev–Trinajstić information content (AvgIpc) is 3.46. The predicted octanol–water partition coefficient (Wildman–Crippen LogP) is 4.72. The Morgan fingerprint density at radius 3 is 2.61 bits per heavy atom. The molecule has 0 radical (unpaired) electrons. The highest BCUT2D eigenvalue weighted by Gasteiger charge is 2.23. The van der Waals surface area contributed by atoms with Crippen LogP contribution in [0.3, 0.4) is 0 Å². The fraction of sp³-hybridized carbons (Fsp3) is 0.250. The monoisotopic (exact) mass is 447 g/mol. The van der Waals surface area contributed by atoms with Gasteiger partial charge in [0.2, 0.25) is 0 Å². The maximum atomic E-state index is 13.5. The Morgan fingerprint density at radius 1 is 1.09 bits per heavy atom. The smallest absolute Gasteiger partial charge is 0.306 e. The summed E-state index contributed by atoms with van der Waals surface area (Å²) in [5.41, 5.74) is 3.23. The van der Waals surface area contributed by atoms with Gasteiger partial charge < -0.3 is 9.15 Å². The third kappa shape index (κ3) is 3.97. The number of ether oxygens (including phenoxy) is 1. The van der Waals surface area contributed by atoms with E-state index in [9.17, 15) is 9.18 Å². The molecule has 5 rings (SSSR count). The van der Waals surface area contributed by atoms with E-state index < -0.39 is 5.60 Å². The number of halogens is 1. The van der Waals surface area contributed by atoms with Gasteiger partial charge in [-0.25, -0.2) is 4.39 Å². The second kappa shape index (κ2) is 7.84. The lowest BCUT2D eigenvalue weighted by Gasteiger charge is -2.23. The van der Waals surface area contributed by atoms with Gasteiger partial charge in [0, 0.05) is 36.9 Å². The van der Waals surface area contributed by atoms with Crippen molar-refractivity contribution in [2.75, 3.05) is 0 Å². The lowest BCUT2D eigenvalue weighted by molar-refractivity contribution is -0.154. The number of carbonyl (C=O) groups is 1. The van der Waals surface area contributed by atoms with Gasteiger partial charge in [0.1, 0.15) is 29.2 Å². The number of rotatable bonds is 6. The first kappa shape index (κ1) is 20.9. The number of pyridine rings is 1. The van der Waals surface area contributed by atoms with E-state index in [2.05, 4.69) is 15.2 Å². The van der Waals surface area contributed by atoms with E-state index in [1.807, 2.05) is 41.0 Å². The number of imidazole rings is 1. The lowest BCUT2D eigenvalue weighted by Crippen LogP contribution is -2.27. The topological polar surface area (TPSA) is 86.9 Å². The van der Waals surface area contributed by atoms with E-state index in [1.165, 1.54) is 19.1 Å². The van der Waals surface area contributed by atoms with Gasteiger partial charge in [-0.05, 0) is 56.7 Å². The highest BCUT2D eigenvalue weighted by molar-refractivity contribution is 5.81. The van der Waals surface area contributed by atoms with Crippen LogP contribution in [-0.4, -0.2) is 35.6 Å². The number of aromatic nitrogens is 5. The molecule has 0 saturated carbocycles. The summed E-state index contributed by atoms with van der Waals surface area (Å²) in [5, 5.41) is 8.60. The molecule has 0 amide bonds. The van der Waals surface area contributed by atoms with Crippen LogP contribution in [0.2, 0.25) is 0 Å². The van der Waals surface area contributed by atoms with Crippen molar-refractivity contribution in [2.45, 2.75) is 39.2 Å². The third-order valence-electron chi connectivity index (χ3n) is 5.50. The standard InChI is InChI=1S/C24H22FN5O3/c1-15(31)33-24(2,3)11-10-20-28-27-19-9-6-17(14-30(19)20)22-21(16-4-7-18(25)8-5-16)26-23-29(22)12-13-32-23/h4-9,12-14H,10-11H2,1-3H3. The van der Waals surface area contributed by atoms with Crippen molar-refractivity contribution < 1.29 is 18.3 Å². The molecule has 0 bridgehead atoms. The molecule has 0 N–H and O–H groups in total. The average molecular weight is 447 g/mol. The zero-order valence-electron chi connectivity index (χ0n) is 18.4. The van der Waals surface area contributed by atoms with E-state index >= 15 is 0 Å². The van der Waals surface area contributed by atoms with Crippen molar-refractivity contribution in [3.05, 3.63) is 66.7 Å². The van der Waals surface area contributed by atoms with Gasteiger partial charge in [0.05, 0.1) is 5.69 Å². The summed E-state index contributed by atoms with van der Waals surface area (Å²) in [4.78, 5) is 16.0. The van der Waals surface area contributed by atoms with Crippen LogP contribution in [0.25, 0.3) is 34.0 Å². The zero-order chi connectivity index (χ0) is 23.2. The van der Waals surface area contributed by atoms with Gasteiger partial charge in [-0.2, -0.15) is 4.98 Å². The Labute approximate surface area is 188 Å². The second-order valence-electron chi connectivity index (χ2n) is 8.49. The van der Waals surface area contributed by atoms with Crippen LogP contribution in [0, 0.1) is 5.82 Å². The molecule has 4 aromatic heterocycles. The first-order valence-corrected chi connectivity index (χ1v) is 10.6. The number of oxazole rings is 1. The first-order valence-electron chi connectivity index (χ1n) is 10.6. The summed E-state index contributed by atoms with van der Waals surface area (Å²) in [7, 11) is 0. The van der Waals surface area contributed by atoms with Crippen LogP contribution in [0.4, 0.5) is 4.39 Å². The van der Waals surface area contributed by atoms with Gasteiger partial charge in [0.25, 0.3) is 0 Å². The summed E-state index contributed by atoms with van der Waals surface area (Å²) in [6.07, 6.45) is 6.48. The molecule has 0 aliphatic rings. The van der Waals surface area contributed by atoms with Gasteiger partial charge in [-0.3, -0.25) is 13.6 Å². The molecular formula is C24H22FN5O3. The van der Waals surface area contributed by atoms with E-state index in [-0.39, 0.29) is 11.8 Å². The van der Waals surface area contributed by atoms with Crippen molar-refractivity contribution in [1.29, 1.82) is 0 Å². The van der Waals surface area contributed by atoms with Gasteiger partial charge in [-0.15, -0.1) is 10.2 Å². The van der Waals surface area contributed by atoms with Crippen LogP contribution in [-0.2, 0) is 16.0 Å². The molecule has 0 unspecified atom stereocenters. The second-order valence-corrected chi connectivity index (χ2v) is 8.49. The summed E-state index contributed by atoms with van der Waals surface area (Å²) in [6.45, 7) is 5.15. The van der Waals surface area contributed by atoms with Crippen LogP contribution >= 0.6 is 0 Å². The molecule has 0 aliphatic carbocycles. The Bertz CT molecular complexity index is 1460. The van der Waals surface area contributed by atoms with E-state index in [4.69, 9.17) is 9.15 Å². The SMILES string of the molecule is CC(=O)OC(C)(C)CCc1nnc2ccc(-c3c(-c4ccc(F)cc4)nc4occn34)cn12. The van der Waals surface area contributed by atoms with Crippen molar-refractivity contribution in [3.8, 4) is 22.5 Å². The molecule has 33 heavy (non-hydrogen) atoms. The minimum atomic E-state index is -0.612. The number of carbonyl (C=O) groups excluding carboxylic acids is 1. The lowest BCUT2D eigenvalue weighted by atomic mass is 10.0. The molecule has 9 heteroatoms. The van der Waals surface area contributed by atoms with Crippen molar-refractivity contribution in [3.63, 3.8) is 0 Å². The largest absolute Gasteiger partial charge is 0.460 e. The highest BCUT2D eigenvalue weighted by Crippen LogP contribution is 2.33. The fourth-order valence-electron chi connectivity index (χ4n) is 3.97. The van der Waals surface area contributed by atoms with E-state index in [0.717, 1.165) is 22.6 Å². The van der Waals surface area contributed by atoms with Gasteiger partial charge in [-0.1, -0.05) is 0 Å². The number of aryl methyl sites for hydroxylation is 1. The molecule has 8 nitrogen and oxygen atoms in total. The van der Waals surface area contributed by atoms with Crippen molar-refractivity contribution in [1.82, 2.24) is 24.0 Å². The Morgan fingerprint density at radius 2 is 1.85 bits per heavy atom. The minimum absolute atomic E-state index is 0.310. The predicted molar refractivity (Wildman–Crippen MR) is 119 cm³/mol. The summed E-state index contributed by atoms with van der Waals surface area (Å²) in [6, 6.07) is 10.0. The summed E-state index contributed by atoms with van der Waals surface area (Å²) >= 11 is 0.